The van der Waals surface area contributed by atoms with Gasteiger partial charge in [0.1, 0.15) is 11.7 Å². The van der Waals surface area contributed by atoms with Crippen LogP contribution in [0, 0.1) is 11.8 Å². The SMILES string of the molecule is C=CCC#CC(C)(C)OCC1CO1. The van der Waals surface area contributed by atoms with Crippen LogP contribution >= 0.6 is 0 Å². The van der Waals surface area contributed by atoms with Gasteiger partial charge in [0.25, 0.3) is 0 Å². The van der Waals surface area contributed by atoms with Crippen molar-refractivity contribution in [3.05, 3.63) is 12.7 Å². The molecule has 0 aromatic rings. The summed E-state index contributed by atoms with van der Waals surface area (Å²) in [6.45, 7) is 9.01. The van der Waals surface area contributed by atoms with Crippen LogP contribution in [-0.4, -0.2) is 24.9 Å². The van der Waals surface area contributed by atoms with Crippen LogP contribution in [0.5, 0.6) is 0 Å². The molecule has 2 nitrogen and oxygen atoms in total. The summed E-state index contributed by atoms with van der Waals surface area (Å²) in [7, 11) is 0. The van der Waals surface area contributed by atoms with Crippen molar-refractivity contribution < 1.29 is 9.47 Å². The van der Waals surface area contributed by atoms with Crippen molar-refractivity contribution in [2.75, 3.05) is 13.2 Å². The highest BCUT2D eigenvalue weighted by Crippen LogP contribution is 2.14. The Morgan fingerprint density at radius 1 is 1.69 bits per heavy atom. The molecule has 1 aliphatic heterocycles. The summed E-state index contributed by atoms with van der Waals surface area (Å²) < 4.78 is 10.6. The summed E-state index contributed by atoms with van der Waals surface area (Å²) in [4.78, 5) is 0. The summed E-state index contributed by atoms with van der Waals surface area (Å²) >= 11 is 0. The van der Waals surface area contributed by atoms with Crippen molar-refractivity contribution in [1.82, 2.24) is 0 Å². The van der Waals surface area contributed by atoms with Crippen molar-refractivity contribution in [2.24, 2.45) is 0 Å². The van der Waals surface area contributed by atoms with Gasteiger partial charge in [-0.1, -0.05) is 17.9 Å². The van der Waals surface area contributed by atoms with E-state index in [-0.39, 0.29) is 5.60 Å². The lowest BCUT2D eigenvalue weighted by Gasteiger charge is -2.17. The van der Waals surface area contributed by atoms with E-state index in [0.29, 0.717) is 19.1 Å². The van der Waals surface area contributed by atoms with E-state index in [1.165, 1.54) is 0 Å². The Morgan fingerprint density at radius 2 is 2.38 bits per heavy atom. The Labute approximate surface area is 79.9 Å². The fourth-order valence-corrected chi connectivity index (χ4v) is 0.838. The zero-order valence-corrected chi connectivity index (χ0v) is 8.30. The van der Waals surface area contributed by atoms with Gasteiger partial charge in [-0.15, -0.1) is 6.58 Å². The Balaban J connectivity index is 2.26. The van der Waals surface area contributed by atoms with Gasteiger partial charge in [0.15, 0.2) is 0 Å². The molecule has 0 radical (unpaired) electrons. The number of epoxide rings is 1. The highest BCUT2D eigenvalue weighted by molar-refractivity contribution is 5.13. The van der Waals surface area contributed by atoms with Crippen LogP contribution in [0.4, 0.5) is 0 Å². The van der Waals surface area contributed by atoms with Gasteiger partial charge in [0.05, 0.1) is 13.2 Å². The van der Waals surface area contributed by atoms with Crippen LogP contribution in [0.3, 0.4) is 0 Å². The molecule has 0 aromatic heterocycles. The van der Waals surface area contributed by atoms with Gasteiger partial charge in [0.2, 0.25) is 0 Å². The molecule has 0 aliphatic carbocycles. The van der Waals surface area contributed by atoms with E-state index in [9.17, 15) is 0 Å². The summed E-state index contributed by atoms with van der Waals surface area (Å²) in [6.07, 6.45) is 2.81. The molecule has 0 bridgehead atoms. The molecule has 1 heterocycles. The van der Waals surface area contributed by atoms with E-state index in [1.54, 1.807) is 6.08 Å². The average Bonchev–Trinajstić information content (AvgIpc) is 2.84. The van der Waals surface area contributed by atoms with Gasteiger partial charge in [-0.05, 0) is 13.8 Å². The van der Waals surface area contributed by atoms with Crippen molar-refractivity contribution in [2.45, 2.75) is 32.0 Å². The standard InChI is InChI=1S/C11H16O2/c1-4-5-6-7-11(2,3)13-9-10-8-12-10/h4,10H,1,5,8-9H2,2-3H3. The Bertz CT molecular complexity index is 228. The Hall–Kier alpha value is -0.780. The largest absolute Gasteiger partial charge is 0.371 e. The number of rotatable bonds is 4. The third kappa shape index (κ3) is 4.72. The minimum absolute atomic E-state index is 0.306. The molecule has 1 aliphatic rings. The van der Waals surface area contributed by atoms with Crippen molar-refractivity contribution in [1.29, 1.82) is 0 Å². The normalized spacial score (nSPS) is 20.3. The van der Waals surface area contributed by atoms with E-state index in [2.05, 4.69) is 18.4 Å². The first-order valence-electron chi connectivity index (χ1n) is 4.50. The molecule has 13 heavy (non-hydrogen) atoms. The quantitative estimate of drug-likeness (QED) is 0.373. The first-order valence-corrected chi connectivity index (χ1v) is 4.50. The lowest BCUT2D eigenvalue weighted by molar-refractivity contribution is 0.0178. The molecule has 1 atom stereocenters. The molecule has 1 saturated heterocycles. The van der Waals surface area contributed by atoms with Gasteiger partial charge in [-0.25, -0.2) is 0 Å². The maximum Gasteiger partial charge on any atom is 0.123 e. The fourth-order valence-electron chi connectivity index (χ4n) is 0.838. The van der Waals surface area contributed by atoms with E-state index in [4.69, 9.17) is 9.47 Å². The number of hydrogen-bond donors (Lipinski definition) is 0. The van der Waals surface area contributed by atoms with Crippen LogP contribution in [0.15, 0.2) is 12.7 Å². The second kappa shape index (κ2) is 4.45. The van der Waals surface area contributed by atoms with Crippen LogP contribution in [0.1, 0.15) is 20.3 Å². The van der Waals surface area contributed by atoms with Crippen LogP contribution < -0.4 is 0 Å². The monoisotopic (exact) mass is 180 g/mol. The number of ether oxygens (including phenoxy) is 2. The maximum atomic E-state index is 5.57. The van der Waals surface area contributed by atoms with E-state index >= 15 is 0 Å². The predicted octanol–water partition coefficient (Wildman–Crippen LogP) is 1.76. The maximum absolute atomic E-state index is 5.57. The van der Waals surface area contributed by atoms with Gasteiger partial charge >= 0.3 is 0 Å². The first-order chi connectivity index (χ1) is 6.14. The summed E-state index contributed by atoms with van der Waals surface area (Å²) in [6, 6.07) is 0. The predicted molar refractivity (Wildman–Crippen MR) is 52.4 cm³/mol. The molecule has 1 rings (SSSR count). The minimum Gasteiger partial charge on any atom is -0.371 e. The first kappa shape index (κ1) is 10.3. The van der Waals surface area contributed by atoms with Crippen molar-refractivity contribution >= 4 is 0 Å². The molecule has 0 amide bonds. The zero-order chi connectivity index (χ0) is 9.73. The third-order valence-corrected chi connectivity index (χ3v) is 1.67. The Kier molecular flexibility index (Phi) is 3.53. The highest BCUT2D eigenvalue weighted by Gasteiger charge is 2.26. The highest BCUT2D eigenvalue weighted by atomic mass is 16.6. The lowest BCUT2D eigenvalue weighted by atomic mass is 10.1. The van der Waals surface area contributed by atoms with Crippen LogP contribution in [-0.2, 0) is 9.47 Å². The summed E-state index contributed by atoms with van der Waals surface area (Å²) in [5, 5.41) is 0. The van der Waals surface area contributed by atoms with Gasteiger partial charge in [-0.3, -0.25) is 0 Å². The van der Waals surface area contributed by atoms with Crippen molar-refractivity contribution in [3.63, 3.8) is 0 Å². The Morgan fingerprint density at radius 3 is 2.92 bits per heavy atom. The second-order valence-electron chi connectivity index (χ2n) is 3.57. The molecule has 2 heteroatoms. The number of hydrogen-bond acceptors (Lipinski definition) is 2. The zero-order valence-electron chi connectivity index (χ0n) is 8.30. The summed E-state index contributed by atoms with van der Waals surface area (Å²) in [5.74, 6) is 6.03. The molecule has 0 saturated carbocycles. The molecule has 72 valence electrons. The van der Waals surface area contributed by atoms with Crippen molar-refractivity contribution in [3.8, 4) is 11.8 Å². The van der Waals surface area contributed by atoms with Crippen LogP contribution in [0.25, 0.3) is 0 Å². The third-order valence-electron chi connectivity index (χ3n) is 1.67. The lowest BCUT2D eigenvalue weighted by Crippen LogP contribution is -2.24. The molecular formula is C11H16O2. The second-order valence-corrected chi connectivity index (χ2v) is 3.57. The van der Waals surface area contributed by atoms with Gasteiger partial charge in [-0.2, -0.15) is 0 Å². The molecule has 0 aromatic carbocycles. The number of allylic oxidation sites excluding steroid dienone is 1. The molecule has 0 spiro atoms. The van der Waals surface area contributed by atoms with E-state index < -0.39 is 0 Å². The molecule has 1 unspecified atom stereocenters. The average molecular weight is 180 g/mol. The van der Waals surface area contributed by atoms with Crippen LogP contribution in [0.2, 0.25) is 0 Å². The van der Waals surface area contributed by atoms with Gasteiger partial charge < -0.3 is 9.47 Å². The smallest absolute Gasteiger partial charge is 0.123 e. The fraction of sp³-hybridized carbons (Fsp3) is 0.636. The molecular weight excluding hydrogens is 164 g/mol. The topological polar surface area (TPSA) is 21.8 Å². The van der Waals surface area contributed by atoms with E-state index in [1.807, 2.05) is 13.8 Å². The molecule has 1 fully saturated rings. The minimum atomic E-state index is -0.366. The molecule has 0 N–H and O–H groups in total. The summed E-state index contributed by atoms with van der Waals surface area (Å²) in [5.41, 5.74) is -0.366. The van der Waals surface area contributed by atoms with E-state index in [0.717, 1.165) is 6.61 Å². The van der Waals surface area contributed by atoms with Gasteiger partial charge in [0, 0.05) is 6.42 Å².